The van der Waals surface area contributed by atoms with Gasteiger partial charge in [-0.15, -0.1) is 13.2 Å². The van der Waals surface area contributed by atoms with Crippen molar-refractivity contribution in [3.63, 3.8) is 0 Å². The molecule has 1 N–H and O–H groups in total. The molecule has 1 aromatic carbocycles. The monoisotopic (exact) mass is 278 g/mol. The van der Waals surface area contributed by atoms with Crippen LogP contribution in [0.2, 0.25) is 0 Å². The zero-order chi connectivity index (χ0) is 13.3. The van der Waals surface area contributed by atoms with Crippen molar-refractivity contribution in [1.82, 2.24) is 0 Å². The first-order chi connectivity index (χ1) is 8.35. The van der Waals surface area contributed by atoms with Crippen molar-refractivity contribution < 1.29 is 23.0 Å². The number of aliphatic hydroxyl groups excluding tert-OH is 1. The van der Waals surface area contributed by atoms with Gasteiger partial charge in [-0.25, -0.2) is 0 Å². The molecule has 0 aliphatic carbocycles. The standard InChI is InChI=1S/C12H13F3O2S/c1-7-4-11(16)10-5-9(17-12(13,14)15)3-2-8(10)6-18-7/h2-3,5,7,11,16H,4,6H2,1H3/t7?,11-/m0/s1. The molecule has 0 spiro atoms. The van der Waals surface area contributed by atoms with E-state index in [0.29, 0.717) is 17.7 Å². The predicted molar refractivity (Wildman–Crippen MR) is 63.5 cm³/mol. The summed E-state index contributed by atoms with van der Waals surface area (Å²) >= 11 is 1.68. The van der Waals surface area contributed by atoms with Gasteiger partial charge < -0.3 is 9.84 Å². The lowest BCUT2D eigenvalue weighted by Gasteiger charge is -2.15. The Hall–Kier alpha value is -0.880. The van der Waals surface area contributed by atoms with Crippen molar-refractivity contribution in [2.75, 3.05) is 0 Å². The van der Waals surface area contributed by atoms with Gasteiger partial charge in [0.15, 0.2) is 0 Å². The molecule has 0 aromatic heterocycles. The number of benzene rings is 1. The van der Waals surface area contributed by atoms with Crippen molar-refractivity contribution in [1.29, 1.82) is 0 Å². The number of ether oxygens (including phenoxy) is 1. The van der Waals surface area contributed by atoms with Crippen LogP contribution >= 0.6 is 11.8 Å². The first-order valence-corrected chi connectivity index (χ1v) is 6.58. The number of fused-ring (bicyclic) bond motifs is 1. The third-order valence-electron chi connectivity index (χ3n) is 2.79. The molecule has 0 saturated heterocycles. The first-order valence-electron chi connectivity index (χ1n) is 5.53. The van der Waals surface area contributed by atoms with Crippen LogP contribution in [0.4, 0.5) is 13.2 Å². The van der Waals surface area contributed by atoms with Gasteiger partial charge in [-0.05, 0) is 29.7 Å². The van der Waals surface area contributed by atoms with Crippen molar-refractivity contribution in [3.05, 3.63) is 29.3 Å². The summed E-state index contributed by atoms with van der Waals surface area (Å²) in [4.78, 5) is 0. The smallest absolute Gasteiger partial charge is 0.406 e. The lowest BCUT2D eigenvalue weighted by Crippen LogP contribution is -2.17. The molecule has 2 rings (SSSR count). The highest BCUT2D eigenvalue weighted by molar-refractivity contribution is 7.99. The second kappa shape index (κ2) is 5.01. The zero-order valence-corrected chi connectivity index (χ0v) is 10.5. The summed E-state index contributed by atoms with van der Waals surface area (Å²) in [5.41, 5.74) is 1.40. The van der Waals surface area contributed by atoms with Gasteiger partial charge in [-0.1, -0.05) is 13.0 Å². The minimum Gasteiger partial charge on any atom is -0.406 e. The van der Waals surface area contributed by atoms with Crippen molar-refractivity contribution in [2.45, 2.75) is 36.8 Å². The highest BCUT2D eigenvalue weighted by Crippen LogP contribution is 2.37. The van der Waals surface area contributed by atoms with Gasteiger partial charge in [-0.2, -0.15) is 11.8 Å². The molecule has 1 aliphatic rings. The average Bonchev–Trinajstić information content (AvgIpc) is 2.37. The quantitative estimate of drug-likeness (QED) is 0.850. The highest BCUT2D eigenvalue weighted by atomic mass is 32.2. The second-order valence-corrected chi connectivity index (χ2v) is 5.71. The minimum atomic E-state index is -4.70. The molecule has 6 heteroatoms. The zero-order valence-electron chi connectivity index (χ0n) is 9.70. The highest BCUT2D eigenvalue weighted by Gasteiger charge is 2.32. The van der Waals surface area contributed by atoms with Gasteiger partial charge in [-0.3, -0.25) is 0 Å². The van der Waals surface area contributed by atoms with E-state index >= 15 is 0 Å². The molecule has 1 heterocycles. The van der Waals surface area contributed by atoms with Crippen molar-refractivity contribution in [3.8, 4) is 5.75 Å². The molecule has 100 valence electrons. The largest absolute Gasteiger partial charge is 0.573 e. The first kappa shape index (κ1) is 13.5. The summed E-state index contributed by atoms with van der Waals surface area (Å²) in [5, 5.41) is 10.3. The summed E-state index contributed by atoms with van der Waals surface area (Å²) < 4.78 is 40.2. The fraction of sp³-hybridized carbons (Fsp3) is 0.500. The number of hydrogen-bond acceptors (Lipinski definition) is 3. The molecule has 2 atom stereocenters. The van der Waals surface area contributed by atoms with E-state index in [1.54, 1.807) is 17.8 Å². The summed E-state index contributed by atoms with van der Waals surface area (Å²) in [6.07, 6.45) is -4.90. The van der Waals surface area contributed by atoms with E-state index in [0.717, 1.165) is 5.56 Å². The van der Waals surface area contributed by atoms with Gasteiger partial charge in [0.2, 0.25) is 0 Å². The molecular weight excluding hydrogens is 265 g/mol. The normalized spacial score (nSPS) is 24.3. The Bertz CT molecular complexity index is 434. The van der Waals surface area contributed by atoms with Crippen LogP contribution in [-0.4, -0.2) is 16.7 Å². The predicted octanol–water partition coefficient (Wildman–Crippen LogP) is 3.64. The molecule has 18 heavy (non-hydrogen) atoms. The molecule has 0 saturated carbocycles. The van der Waals surface area contributed by atoms with Gasteiger partial charge in [0.1, 0.15) is 5.75 Å². The van der Waals surface area contributed by atoms with Crippen LogP contribution in [0.15, 0.2) is 18.2 Å². The second-order valence-electron chi connectivity index (χ2n) is 4.28. The Morgan fingerprint density at radius 3 is 2.78 bits per heavy atom. The van der Waals surface area contributed by atoms with E-state index in [2.05, 4.69) is 4.74 Å². The van der Waals surface area contributed by atoms with Gasteiger partial charge in [0.05, 0.1) is 6.10 Å². The van der Waals surface area contributed by atoms with Gasteiger partial charge in [0.25, 0.3) is 0 Å². The molecule has 2 nitrogen and oxygen atoms in total. The minimum absolute atomic E-state index is 0.277. The Morgan fingerprint density at radius 2 is 2.11 bits per heavy atom. The maximum atomic E-state index is 12.1. The topological polar surface area (TPSA) is 29.5 Å². The molecule has 1 aromatic rings. The van der Waals surface area contributed by atoms with E-state index in [1.807, 2.05) is 6.92 Å². The van der Waals surface area contributed by atoms with E-state index in [1.165, 1.54) is 12.1 Å². The van der Waals surface area contributed by atoms with Gasteiger partial charge in [0, 0.05) is 11.0 Å². The van der Waals surface area contributed by atoms with E-state index in [4.69, 9.17) is 0 Å². The Kier molecular flexibility index (Phi) is 3.77. The lowest BCUT2D eigenvalue weighted by molar-refractivity contribution is -0.274. The van der Waals surface area contributed by atoms with Crippen LogP contribution in [0, 0.1) is 0 Å². The summed E-state index contributed by atoms with van der Waals surface area (Å²) in [6.45, 7) is 1.99. The van der Waals surface area contributed by atoms with Crippen LogP contribution < -0.4 is 4.74 Å². The third-order valence-corrected chi connectivity index (χ3v) is 4.03. The van der Waals surface area contributed by atoms with E-state index in [-0.39, 0.29) is 11.0 Å². The number of rotatable bonds is 1. The molecule has 1 unspecified atom stereocenters. The number of halogens is 3. The molecule has 0 amide bonds. The van der Waals surface area contributed by atoms with Crippen LogP contribution in [0.5, 0.6) is 5.75 Å². The Labute approximate surface area is 107 Å². The SMILES string of the molecule is CC1C[C@H](O)c2cc(OC(F)(F)F)ccc2CS1. The summed E-state index contributed by atoms with van der Waals surface area (Å²) in [6, 6.07) is 4.16. The number of aliphatic hydroxyl groups is 1. The molecule has 0 fully saturated rings. The average molecular weight is 278 g/mol. The van der Waals surface area contributed by atoms with Crippen LogP contribution in [-0.2, 0) is 5.75 Å². The molecule has 0 bridgehead atoms. The van der Waals surface area contributed by atoms with E-state index < -0.39 is 12.5 Å². The number of alkyl halides is 3. The summed E-state index contributed by atoms with van der Waals surface area (Å²) in [7, 11) is 0. The van der Waals surface area contributed by atoms with Crippen LogP contribution in [0.25, 0.3) is 0 Å². The fourth-order valence-electron chi connectivity index (χ4n) is 1.95. The third kappa shape index (κ3) is 3.32. The van der Waals surface area contributed by atoms with Crippen LogP contribution in [0.3, 0.4) is 0 Å². The maximum Gasteiger partial charge on any atom is 0.573 e. The van der Waals surface area contributed by atoms with E-state index in [9.17, 15) is 18.3 Å². The van der Waals surface area contributed by atoms with Crippen molar-refractivity contribution >= 4 is 11.8 Å². The number of hydrogen-bond donors (Lipinski definition) is 1. The Morgan fingerprint density at radius 1 is 1.39 bits per heavy atom. The number of thioether (sulfide) groups is 1. The Balaban J connectivity index is 2.28. The molecule has 1 aliphatic heterocycles. The van der Waals surface area contributed by atoms with Crippen LogP contribution in [0.1, 0.15) is 30.6 Å². The van der Waals surface area contributed by atoms with Crippen molar-refractivity contribution in [2.24, 2.45) is 0 Å². The lowest BCUT2D eigenvalue weighted by atomic mass is 10.00. The summed E-state index contributed by atoms with van der Waals surface area (Å²) in [5.74, 6) is 0.416. The van der Waals surface area contributed by atoms with Gasteiger partial charge >= 0.3 is 6.36 Å². The fourth-order valence-corrected chi connectivity index (χ4v) is 3.00. The molecule has 0 radical (unpaired) electrons. The molecular formula is C12H13F3O2S. The maximum absolute atomic E-state index is 12.1.